The van der Waals surface area contributed by atoms with E-state index in [9.17, 15) is 9.90 Å². The van der Waals surface area contributed by atoms with Crippen LogP contribution in [-0.2, 0) is 0 Å². The molecule has 1 atom stereocenters. The van der Waals surface area contributed by atoms with Crippen LogP contribution < -0.4 is 5.32 Å². The van der Waals surface area contributed by atoms with Crippen molar-refractivity contribution < 1.29 is 9.90 Å². The largest absolute Gasteiger partial charge is 0.387 e. The molecular formula is C14H20BrNO2S. The van der Waals surface area contributed by atoms with E-state index in [2.05, 4.69) is 21.2 Å². The molecule has 1 aromatic carbocycles. The van der Waals surface area contributed by atoms with Crippen molar-refractivity contribution in [3.05, 3.63) is 33.3 Å². The van der Waals surface area contributed by atoms with Crippen molar-refractivity contribution in [3.63, 3.8) is 0 Å². The first-order chi connectivity index (χ1) is 8.76. The third kappa shape index (κ3) is 4.82. The van der Waals surface area contributed by atoms with Crippen molar-refractivity contribution in [2.24, 2.45) is 0 Å². The molecule has 5 heteroatoms. The van der Waals surface area contributed by atoms with Crippen LogP contribution in [0.1, 0.15) is 28.4 Å². The second-order valence-corrected chi connectivity index (χ2v) is 6.75. The fraction of sp³-hybridized carbons (Fsp3) is 0.500. The van der Waals surface area contributed by atoms with Crippen LogP contribution in [0, 0.1) is 13.8 Å². The number of nitrogens with one attached hydrogen (secondary N) is 1. The van der Waals surface area contributed by atoms with Crippen molar-refractivity contribution in [3.8, 4) is 0 Å². The van der Waals surface area contributed by atoms with Gasteiger partial charge in [0.05, 0.1) is 5.60 Å². The van der Waals surface area contributed by atoms with Gasteiger partial charge in [-0.15, -0.1) is 0 Å². The average Bonchev–Trinajstić information content (AvgIpc) is 2.31. The van der Waals surface area contributed by atoms with Gasteiger partial charge in [0.2, 0.25) is 0 Å². The summed E-state index contributed by atoms with van der Waals surface area (Å²) in [5.74, 6) is 0.445. The topological polar surface area (TPSA) is 49.3 Å². The van der Waals surface area contributed by atoms with Crippen molar-refractivity contribution in [1.29, 1.82) is 0 Å². The lowest BCUT2D eigenvalue weighted by atomic mass is 10.0. The fourth-order valence-corrected chi connectivity index (χ4v) is 2.94. The molecular weight excluding hydrogens is 326 g/mol. The first-order valence-electron chi connectivity index (χ1n) is 6.03. The van der Waals surface area contributed by atoms with Crippen LogP contribution in [0.5, 0.6) is 0 Å². The Morgan fingerprint density at radius 3 is 2.63 bits per heavy atom. The van der Waals surface area contributed by atoms with Crippen molar-refractivity contribution in [2.45, 2.75) is 26.4 Å². The van der Waals surface area contributed by atoms with Crippen molar-refractivity contribution >= 4 is 33.6 Å². The summed E-state index contributed by atoms with van der Waals surface area (Å²) in [4.78, 5) is 12.1. The van der Waals surface area contributed by atoms with E-state index in [1.54, 1.807) is 18.7 Å². The van der Waals surface area contributed by atoms with Gasteiger partial charge in [0, 0.05) is 22.3 Å². The van der Waals surface area contributed by atoms with E-state index in [0.29, 0.717) is 11.3 Å². The minimum atomic E-state index is -0.882. The standard InChI is InChI=1S/C14H20BrNO2S/c1-9-6-12(15)10(2)5-11(9)13(17)16-7-14(3,18)8-19-4/h5-6,18H,7-8H2,1-4H3,(H,16,17). The van der Waals surface area contributed by atoms with Gasteiger partial charge in [0.25, 0.3) is 5.91 Å². The van der Waals surface area contributed by atoms with Crippen LogP contribution in [0.25, 0.3) is 0 Å². The van der Waals surface area contributed by atoms with Gasteiger partial charge >= 0.3 is 0 Å². The Hall–Kier alpha value is -0.520. The second kappa shape index (κ2) is 6.77. The quantitative estimate of drug-likeness (QED) is 0.862. The van der Waals surface area contributed by atoms with Crippen LogP contribution in [0.15, 0.2) is 16.6 Å². The van der Waals surface area contributed by atoms with Crippen molar-refractivity contribution in [2.75, 3.05) is 18.6 Å². The highest BCUT2D eigenvalue weighted by Crippen LogP contribution is 2.21. The minimum absolute atomic E-state index is 0.144. The molecule has 0 aliphatic rings. The average molecular weight is 346 g/mol. The fourth-order valence-electron chi connectivity index (χ4n) is 1.75. The molecule has 2 N–H and O–H groups in total. The molecule has 19 heavy (non-hydrogen) atoms. The maximum atomic E-state index is 12.1. The summed E-state index contributed by atoms with van der Waals surface area (Å²) in [5, 5.41) is 12.8. The smallest absolute Gasteiger partial charge is 0.251 e. The number of aryl methyl sites for hydroxylation is 2. The zero-order chi connectivity index (χ0) is 14.6. The molecule has 1 unspecified atom stereocenters. The van der Waals surface area contributed by atoms with E-state index in [4.69, 9.17) is 0 Å². The van der Waals surface area contributed by atoms with Gasteiger partial charge in [-0.05, 0) is 50.3 Å². The summed E-state index contributed by atoms with van der Waals surface area (Å²) < 4.78 is 0.996. The summed E-state index contributed by atoms with van der Waals surface area (Å²) >= 11 is 5.00. The van der Waals surface area contributed by atoms with E-state index < -0.39 is 5.60 Å². The van der Waals surface area contributed by atoms with E-state index in [0.717, 1.165) is 15.6 Å². The van der Waals surface area contributed by atoms with Crippen LogP contribution >= 0.6 is 27.7 Å². The van der Waals surface area contributed by atoms with Gasteiger partial charge in [-0.3, -0.25) is 4.79 Å². The highest BCUT2D eigenvalue weighted by atomic mass is 79.9. The Kier molecular flexibility index (Phi) is 5.89. The number of hydrogen-bond acceptors (Lipinski definition) is 3. The number of aliphatic hydroxyl groups is 1. The highest BCUT2D eigenvalue weighted by molar-refractivity contribution is 9.10. The van der Waals surface area contributed by atoms with Crippen LogP contribution in [-0.4, -0.2) is 35.2 Å². The predicted octanol–water partition coefficient (Wildman–Crippen LogP) is 2.91. The van der Waals surface area contributed by atoms with Crippen LogP contribution in [0.2, 0.25) is 0 Å². The van der Waals surface area contributed by atoms with Gasteiger partial charge < -0.3 is 10.4 Å². The van der Waals surface area contributed by atoms with Gasteiger partial charge in [-0.1, -0.05) is 15.9 Å². The molecule has 106 valence electrons. The molecule has 1 amide bonds. The molecule has 0 spiro atoms. The Morgan fingerprint density at radius 2 is 2.05 bits per heavy atom. The monoisotopic (exact) mass is 345 g/mol. The number of hydrogen-bond donors (Lipinski definition) is 2. The zero-order valence-corrected chi connectivity index (χ0v) is 14.1. The number of benzene rings is 1. The first kappa shape index (κ1) is 16.5. The third-order valence-electron chi connectivity index (χ3n) is 2.84. The third-order valence-corrected chi connectivity index (χ3v) is 4.60. The summed E-state index contributed by atoms with van der Waals surface area (Å²) in [6.07, 6.45) is 1.93. The van der Waals surface area contributed by atoms with Gasteiger partial charge in [-0.2, -0.15) is 11.8 Å². The second-order valence-electron chi connectivity index (χ2n) is 5.03. The number of carbonyl (C=O) groups excluding carboxylic acids is 1. The maximum absolute atomic E-state index is 12.1. The molecule has 0 heterocycles. The Bertz CT molecular complexity index is 475. The predicted molar refractivity (Wildman–Crippen MR) is 85.0 cm³/mol. The number of rotatable bonds is 5. The highest BCUT2D eigenvalue weighted by Gasteiger charge is 2.21. The summed E-state index contributed by atoms with van der Waals surface area (Å²) in [6.45, 7) is 5.83. The van der Waals surface area contributed by atoms with E-state index >= 15 is 0 Å². The van der Waals surface area contributed by atoms with Crippen LogP contribution in [0.4, 0.5) is 0 Å². The molecule has 0 radical (unpaired) electrons. The number of carbonyl (C=O) groups is 1. The lowest BCUT2D eigenvalue weighted by Crippen LogP contribution is -2.42. The minimum Gasteiger partial charge on any atom is -0.387 e. The van der Waals surface area contributed by atoms with Crippen molar-refractivity contribution in [1.82, 2.24) is 5.32 Å². The van der Waals surface area contributed by atoms with Gasteiger partial charge in [-0.25, -0.2) is 0 Å². The molecule has 0 aliphatic heterocycles. The number of thioether (sulfide) groups is 1. The molecule has 0 aliphatic carbocycles. The lowest BCUT2D eigenvalue weighted by molar-refractivity contribution is 0.0724. The summed E-state index contributed by atoms with van der Waals surface area (Å²) in [6, 6.07) is 3.79. The molecule has 3 nitrogen and oxygen atoms in total. The van der Waals surface area contributed by atoms with E-state index in [1.165, 1.54) is 0 Å². The van der Waals surface area contributed by atoms with E-state index in [-0.39, 0.29) is 12.5 Å². The summed E-state index contributed by atoms with van der Waals surface area (Å²) in [5.41, 5.74) is 1.71. The Morgan fingerprint density at radius 1 is 1.42 bits per heavy atom. The number of amides is 1. The van der Waals surface area contributed by atoms with Gasteiger partial charge in [0.1, 0.15) is 0 Å². The first-order valence-corrected chi connectivity index (χ1v) is 8.22. The number of halogens is 1. The maximum Gasteiger partial charge on any atom is 0.251 e. The van der Waals surface area contributed by atoms with Crippen LogP contribution in [0.3, 0.4) is 0 Å². The zero-order valence-electron chi connectivity index (χ0n) is 11.7. The Labute approximate surface area is 127 Å². The molecule has 0 saturated carbocycles. The lowest BCUT2D eigenvalue weighted by Gasteiger charge is -2.22. The molecule has 1 rings (SSSR count). The molecule has 0 saturated heterocycles. The van der Waals surface area contributed by atoms with E-state index in [1.807, 2.05) is 32.2 Å². The normalized spacial score (nSPS) is 14.0. The molecule has 0 fully saturated rings. The molecule has 0 bridgehead atoms. The SMILES string of the molecule is CSCC(C)(O)CNC(=O)c1cc(C)c(Br)cc1C. The molecule has 0 aromatic heterocycles. The van der Waals surface area contributed by atoms with Gasteiger partial charge in [0.15, 0.2) is 0 Å². The summed E-state index contributed by atoms with van der Waals surface area (Å²) in [7, 11) is 0. The Balaban J connectivity index is 2.77. The molecule has 1 aromatic rings.